The van der Waals surface area contributed by atoms with Crippen molar-refractivity contribution in [3.63, 3.8) is 0 Å². The molecule has 3 rings (SSSR count). The maximum Gasteiger partial charge on any atom is 0.0684 e. The van der Waals surface area contributed by atoms with Crippen LogP contribution in [0.25, 0.3) is 0 Å². The minimum atomic E-state index is 0.331. The van der Waals surface area contributed by atoms with Gasteiger partial charge in [-0.25, -0.2) is 0 Å². The number of nitrogens with one attached hydrogen (secondary N) is 1. The predicted octanol–water partition coefficient (Wildman–Crippen LogP) is 5.59. The Hall–Kier alpha value is -0.0700. The Balaban J connectivity index is 1.76. The summed E-state index contributed by atoms with van der Waals surface area (Å²) in [6.45, 7) is 0.731. The van der Waals surface area contributed by atoms with E-state index in [-0.39, 0.29) is 0 Å². The first-order valence-electron chi connectivity index (χ1n) is 6.59. The largest absolute Gasteiger partial charge is 0.304 e. The molecule has 1 aliphatic rings. The molecule has 110 valence electrons. The van der Waals surface area contributed by atoms with Crippen LogP contribution in [0.5, 0.6) is 0 Å². The molecular formula is C15H13Br2ClN2S. The van der Waals surface area contributed by atoms with Crippen LogP contribution in [0.4, 0.5) is 0 Å². The van der Waals surface area contributed by atoms with Crippen LogP contribution in [0.1, 0.15) is 23.7 Å². The summed E-state index contributed by atoms with van der Waals surface area (Å²) < 4.78 is 1.99. The number of aromatic nitrogens is 1. The lowest BCUT2D eigenvalue weighted by Gasteiger charge is -2.26. The summed E-state index contributed by atoms with van der Waals surface area (Å²) in [6.07, 6.45) is 2.93. The third kappa shape index (κ3) is 3.82. The summed E-state index contributed by atoms with van der Waals surface area (Å²) in [6, 6.07) is 8.50. The highest BCUT2D eigenvalue weighted by molar-refractivity contribution is 9.11. The quantitative estimate of drug-likeness (QED) is 0.663. The average molecular weight is 449 g/mol. The lowest BCUT2D eigenvalue weighted by molar-refractivity contribution is 0.505. The zero-order valence-corrected chi connectivity index (χ0v) is 15.8. The van der Waals surface area contributed by atoms with E-state index in [4.69, 9.17) is 11.6 Å². The molecule has 1 aliphatic heterocycles. The van der Waals surface area contributed by atoms with Crippen LogP contribution in [0.15, 0.2) is 44.3 Å². The number of pyridine rings is 1. The van der Waals surface area contributed by atoms with Gasteiger partial charge < -0.3 is 5.32 Å². The molecule has 1 aromatic carbocycles. The van der Waals surface area contributed by atoms with Gasteiger partial charge in [-0.05, 0) is 73.9 Å². The molecule has 0 aliphatic carbocycles. The molecule has 2 nitrogen and oxygen atoms in total. The number of fused-ring (bicyclic) bond motifs is 1. The number of hydrogen-bond acceptors (Lipinski definition) is 3. The van der Waals surface area contributed by atoms with Crippen LogP contribution in [0, 0.1) is 0 Å². The van der Waals surface area contributed by atoms with E-state index in [1.807, 2.05) is 30.1 Å². The third-order valence-electron chi connectivity index (χ3n) is 3.41. The number of thioether (sulfide) groups is 1. The molecule has 1 aromatic heterocycles. The minimum absolute atomic E-state index is 0.331. The molecule has 2 heterocycles. The van der Waals surface area contributed by atoms with Crippen molar-refractivity contribution in [2.75, 3.05) is 5.75 Å². The van der Waals surface area contributed by atoms with E-state index in [1.54, 1.807) is 0 Å². The summed E-state index contributed by atoms with van der Waals surface area (Å²) in [5.74, 6) is 1.13. The van der Waals surface area contributed by atoms with Gasteiger partial charge in [-0.15, -0.1) is 11.8 Å². The Morgan fingerprint density at radius 3 is 3.00 bits per heavy atom. The minimum Gasteiger partial charge on any atom is -0.304 e. The van der Waals surface area contributed by atoms with Crippen LogP contribution in [0.3, 0.4) is 0 Å². The third-order valence-corrected chi connectivity index (χ3v) is 5.89. The predicted molar refractivity (Wildman–Crippen MR) is 96.0 cm³/mol. The average Bonchev–Trinajstić information content (AvgIpc) is 2.46. The van der Waals surface area contributed by atoms with Crippen molar-refractivity contribution in [1.29, 1.82) is 0 Å². The zero-order chi connectivity index (χ0) is 14.8. The Morgan fingerprint density at radius 2 is 2.19 bits per heavy atom. The van der Waals surface area contributed by atoms with Crippen LogP contribution < -0.4 is 5.32 Å². The molecule has 0 saturated carbocycles. The standard InChI is InChI=1S/C15H13Br2ClN2S/c16-9-5-12(17)14(19-7-9)8-20-13-3-4-21-15-2-1-10(18)6-11(13)15/h1-2,5-7,13,20H,3-4,8H2. The molecule has 0 spiro atoms. The first kappa shape index (κ1) is 15.8. The van der Waals surface area contributed by atoms with E-state index in [0.29, 0.717) is 6.04 Å². The van der Waals surface area contributed by atoms with Crippen molar-refractivity contribution in [2.24, 2.45) is 0 Å². The lowest BCUT2D eigenvalue weighted by atomic mass is 10.0. The van der Waals surface area contributed by atoms with E-state index in [9.17, 15) is 0 Å². The molecule has 1 atom stereocenters. The highest BCUT2D eigenvalue weighted by Crippen LogP contribution is 2.37. The Kier molecular flexibility index (Phi) is 5.27. The van der Waals surface area contributed by atoms with Crippen molar-refractivity contribution in [3.8, 4) is 0 Å². The fourth-order valence-corrected chi connectivity index (χ4v) is 4.78. The van der Waals surface area contributed by atoms with Gasteiger partial charge in [0.25, 0.3) is 0 Å². The number of halogens is 3. The molecule has 1 N–H and O–H groups in total. The van der Waals surface area contributed by atoms with E-state index in [0.717, 1.165) is 38.4 Å². The van der Waals surface area contributed by atoms with Crippen LogP contribution in [-0.4, -0.2) is 10.7 Å². The highest BCUT2D eigenvalue weighted by Gasteiger charge is 2.21. The van der Waals surface area contributed by atoms with Gasteiger partial charge in [-0.1, -0.05) is 11.6 Å². The molecule has 21 heavy (non-hydrogen) atoms. The van der Waals surface area contributed by atoms with Crippen molar-refractivity contribution in [2.45, 2.75) is 23.9 Å². The molecular weight excluding hydrogens is 436 g/mol. The van der Waals surface area contributed by atoms with Crippen molar-refractivity contribution in [3.05, 3.63) is 55.7 Å². The lowest BCUT2D eigenvalue weighted by Crippen LogP contribution is -2.24. The second kappa shape index (κ2) is 7.01. The number of nitrogens with zero attached hydrogens (tertiary/aromatic N) is 1. The SMILES string of the molecule is Clc1ccc2c(c1)C(NCc1ncc(Br)cc1Br)CCS2. The topological polar surface area (TPSA) is 24.9 Å². The van der Waals surface area contributed by atoms with Crippen molar-refractivity contribution >= 4 is 55.2 Å². The second-order valence-corrected chi connectivity index (χ2v) is 8.18. The van der Waals surface area contributed by atoms with Gasteiger partial charge >= 0.3 is 0 Å². The first-order chi connectivity index (χ1) is 10.1. The van der Waals surface area contributed by atoms with Gasteiger partial charge in [-0.2, -0.15) is 0 Å². The van der Waals surface area contributed by atoms with E-state index < -0.39 is 0 Å². The Labute approximate surface area is 150 Å². The van der Waals surface area contributed by atoms with Gasteiger partial charge in [0.1, 0.15) is 0 Å². The molecule has 1 unspecified atom stereocenters. The highest BCUT2D eigenvalue weighted by atomic mass is 79.9. The van der Waals surface area contributed by atoms with E-state index in [2.05, 4.69) is 54.3 Å². The number of hydrogen-bond donors (Lipinski definition) is 1. The summed E-state index contributed by atoms with van der Waals surface area (Å²) in [5.41, 5.74) is 2.31. The summed E-state index contributed by atoms with van der Waals surface area (Å²) in [4.78, 5) is 5.77. The van der Waals surface area contributed by atoms with Gasteiger partial charge in [0.15, 0.2) is 0 Å². The number of rotatable bonds is 3. The monoisotopic (exact) mass is 446 g/mol. The molecule has 0 fully saturated rings. The molecule has 6 heteroatoms. The first-order valence-corrected chi connectivity index (χ1v) is 9.54. The maximum atomic E-state index is 6.14. The number of benzene rings is 1. The van der Waals surface area contributed by atoms with Crippen molar-refractivity contribution in [1.82, 2.24) is 10.3 Å². The second-order valence-electron chi connectivity index (χ2n) is 4.83. The molecule has 2 aromatic rings. The van der Waals surface area contributed by atoms with Gasteiger partial charge in [-0.3, -0.25) is 4.98 Å². The summed E-state index contributed by atoms with van der Waals surface area (Å²) in [5, 5.41) is 4.40. The van der Waals surface area contributed by atoms with Crippen molar-refractivity contribution < 1.29 is 0 Å². The summed E-state index contributed by atoms with van der Waals surface area (Å²) >= 11 is 15.0. The Bertz CT molecular complexity index is 666. The maximum absolute atomic E-state index is 6.14. The van der Waals surface area contributed by atoms with Gasteiger partial charge in [0, 0.05) is 37.6 Å². The fraction of sp³-hybridized carbons (Fsp3) is 0.267. The van der Waals surface area contributed by atoms with E-state index >= 15 is 0 Å². The normalized spacial score (nSPS) is 17.6. The van der Waals surface area contributed by atoms with Crippen LogP contribution >= 0.6 is 55.2 Å². The smallest absolute Gasteiger partial charge is 0.0684 e. The summed E-state index contributed by atoms with van der Waals surface area (Å²) in [7, 11) is 0. The molecule has 0 radical (unpaired) electrons. The molecule has 0 saturated heterocycles. The van der Waals surface area contributed by atoms with Gasteiger partial charge in [0.05, 0.1) is 5.69 Å². The zero-order valence-electron chi connectivity index (χ0n) is 11.1. The fourth-order valence-electron chi connectivity index (χ4n) is 2.37. The Morgan fingerprint density at radius 1 is 1.33 bits per heavy atom. The van der Waals surface area contributed by atoms with Crippen LogP contribution in [0.2, 0.25) is 5.02 Å². The van der Waals surface area contributed by atoms with Crippen LogP contribution in [-0.2, 0) is 6.54 Å². The molecule has 0 amide bonds. The molecule has 0 bridgehead atoms. The van der Waals surface area contributed by atoms with Gasteiger partial charge in [0.2, 0.25) is 0 Å². The van der Waals surface area contributed by atoms with E-state index in [1.165, 1.54) is 10.5 Å².